The Hall–Kier alpha value is -3.21. The minimum absolute atomic E-state index is 0.156. The number of hydrogen-bond donors (Lipinski definition) is 1. The number of carbonyl (C=O) groups excluding carboxylic acids is 1. The standard InChI is InChI=1S/C19H16N2O3/c1-13-4-6-17-16(9-13)19(23)15(12-24-17)5-7-18(22)21-11-14-3-2-8-20-10-14/h2-10,12H,11H2,1H3,(H,21,22)/b7-5+. The van der Waals surface area contributed by atoms with Crippen LogP contribution in [0.5, 0.6) is 0 Å². The van der Waals surface area contributed by atoms with Gasteiger partial charge in [-0.1, -0.05) is 17.7 Å². The summed E-state index contributed by atoms with van der Waals surface area (Å²) >= 11 is 0. The number of aryl methyl sites for hydroxylation is 1. The molecule has 0 atom stereocenters. The van der Waals surface area contributed by atoms with Crippen LogP contribution in [0.25, 0.3) is 17.0 Å². The van der Waals surface area contributed by atoms with E-state index in [1.54, 1.807) is 30.6 Å². The maximum atomic E-state index is 12.4. The normalized spacial score (nSPS) is 11.0. The van der Waals surface area contributed by atoms with Crippen LogP contribution in [0, 0.1) is 6.92 Å². The predicted octanol–water partition coefficient (Wildman–Crippen LogP) is 2.83. The Kier molecular flexibility index (Phi) is 4.52. The smallest absolute Gasteiger partial charge is 0.244 e. The van der Waals surface area contributed by atoms with Crippen molar-refractivity contribution in [2.24, 2.45) is 0 Å². The summed E-state index contributed by atoms with van der Waals surface area (Å²) in [6.07, 6.45) is 7.51. The molecule has 5 nitrogen and oxygen atoms in total. The molecule has 0 radical (unpaired) electrons. The quantitative estimate of drug-likeness (QED) is 0.750. The number of rotatable bonds is 4. The van der Waals surface area contributed by atoms with Crippen molar-refractivity contribution < 1.29 is 9.21 Å². The fraction of sp³-hybridized carbons (Fsp3) is 0.105. The second-order valence-electron chi connectivity index (χ2n) is 5.43. The van der Waals surface area contributed by atoms with E-state index in [9.17, 15) is 9.59 Å². The fourth-order valence-corrected chi connectivity index (χ4v) is 2.29. The Morgan fingerprint density at radius 2 is 2.21 bits per heavy atom. The van der Waals surface area contributed by atoms with Gasteiger partial charge in [-0.15, -0.1) is 0 Å². The Bertz CT molecular complexity index is 959. The van der Waals surface area contributed by atoms with Crippen molar-refractivity contribution in [2.45, 2.75) is 13.5 Å². The number of benzene rings is 1. The molecule has 1 N–H and O–H groups in total. The lowest BCUT2D eigenvalue weighted by Crippen LogP contribution is -2.20. The highest BCUT2D eigenvalue weighted by molar-refractivity contribution is 5.92. The van der Waals surface area contributed by atoms with Gasteiger partial charge in [0.2, 0.25) is 5.91 Å². The van der Waals surface area contributed by atoms with Crippen LogP contribution < -0.4 is 10.7 Å². The summed E-state index contributed by atoms with van der Waals surface area (Å²) in [6, 6.07) is 9.10. The lowest BCUT2D eigenvalue weighted by Gasteiger charge is -2.02. The maximum absolute atomic E-state index is 12.4. The molecule has 24 heavy (non-hydrogen) atoms. The fourth-order valence-electron chi connectivity index (χ4n) is 2.29. The van der Waals surface area contributed by atoms with Crippen LogP contribution in [-0.2, 0) is 11.3 Å². The van der Waals surface area contributed by atoms with Gasteiger partial charge in [-0.3, -0.25) is 14.6 Å². The van der Waals surface area contributed by atoms with Gasteiger partial charge in [-0.25, -0.2) is 0 Å². The molecule has 120 valence electrons. The summed E-state index contributed by atoms with van der Waals surface area (Å²) in [4.78, 5) is 28.3. The number of nitrogens with zero attached hydrogens (tertiary/aromatic N) is 1. The maximum Gasteiger partial charge on any atom is 0.244 e. The van der Waals surface area contributed by atoms with Crippen molar-refractivity contribution >= 4 is 23.0 Å². The minimum Gasteiger partial charge on any atom is -0.463 e. The van der Waals surface area contributed by atoms with Gasteiger partial charge >= 0.3 is 0 Å². The highest BCUT2D eigenvalue weighted by Gasteiger charge is 2.05. The number of pyridine rings is 1. The first kappa shape index (κ1) is 15.7. The van der Waals surface area contributed by atoms with E-state index < -0.39 is 0 Å². The molecule has 0 aliphatic heterocycles. The van der Waals surface area contributed by atoms with Crippen molar-refractivity contribution in [1.82, 2.24) is 10.3 Å². The second-order valence-corrected chi connectivity index (χ2v) is 5.43. The Morgan fingerprint density at radius 3 is 3.00 bits per heavy atom. The molecule has 0 unspecified atom stereocenters. The summed E-state index contributed by atoms with van der Waals surface area (Å²) in [5.41, 5.74) is 2.59. The summed E-state index contributed by atoms with van der Waals surface area (Å²) in [5, 5.41) is 3.24. The zero-order valence-electron chi connectivity index (χ0n) is 13.2. The van der Waals surface area contributed by atoms with Crippen LogP contribution in [0.4, 0.5) is 0 Å². The van der Waals surface area contributed by atoms with Gasteiger partial charge in [-0.05, 0) is 36.8 Å². The van der Waals surface area contributed by atoms with E-state index >= 15 is 0 Å². The van der Waals surface area contributed by atoms with Crippen molar-refractivity contribution in [3.05, 3.63) is 82.0 Å². The molecule has 0 aliphatic carbocycles. The summed E-state index contributed by atoms with van der Waals surface area (Å²) in [6.45, 7) is 2.29. The molecule has 1 amide bonds. The average molecular weight is 320 g/mol. The van der Waals surface area contributed by atoms with Gasteiger partial charge < -0.3 is 9.73 Å². The van der Waals surface area contributed by atoms with Gasteiger partial charge in [0.15, 0.2) is 5.43 Å². The molecular weight excluding hydrogens is 304 g/mol. The first-order valence-electron chi connectivity index (χ1n) is 7.50. The Morgan fingerprint density at radius 1 is 1.33 bits per heavy atom. The van der Waals surface area contributed by atoms with Crippen LogP contribution in [0.15, 0.2) is 64.3 Å². The van der Waals surface area contributed by atoms with Crippen molar-refractivity contribution in [3.8, 4) is 0 Å². The van der Waals surface area contributed by atoms with E-state index in [0.717, 1.165) is 11.1 Å². The molecule has 0 saturated heterocycles. The van der Waals surface area contributed by atoms with Crippen LogP contribution in [0.1, 0.15) is 16.7 Å². The third kappa shape index (κ3) is 3.57. The van der Waals surface area contributed by atoms with Crippen LogP contribution in [0.2, 0.25) is 0 Å². The number of aromatic nitrogens is 1. The lowest BCUT2D eigenvalue weighted by molar-refractivity contribution is -0.116. The number of carbonyl (C=O) groups is 1. The third-order valence-electron chi connectivity index (χ3n) is 3.56. The molecule has 2 heterocycles. The third-order valence-corrected chi connectivity index (χ3v) is 3.56. The van der Waals surface area contributed by atoms with Gasteiger partial charge in [-0.2, -0.15) is 0 Å². The number of hydrogen-bond acceptors (Lipinski definition) is 4. The zero-order chi connectivity index (χ0) is 16.9. The van der Waals surface area contributed by atoms with Crippen LogP contribution >= 0.6 is 0 Å². The zero-order valence-corrected chi connectivity index (χ0v) is 13.2. The van der Waals surface area contributed by atoms with E-state index in [2.05, 4.69) is 10.3 Å². The molecule has 0 spiro atoms. The second kappa shape index (κ2) is 6.91. The summed E-state index contributed by atoms with van der Waals surface area (Å²) in [7, 11) is 0. The Labute approximate surface area is 138 Å². The van der Waals surface area contributed by atoms with Gasteiger partial charge in [0.25, 0.3) is 0 Å². The first-order chi connectivity index (χ1) is 11.6. The monoisotopic (exact) mass is 320 g/mol. The highest BCUT2D eigenvalue weighted by Crippen LogP contribution is 2.13. The molecule has 0 aliphatic rings. The average Bonchev–Trinajstić information content (AvgIpc) is 2.61. The minimum atomic E-state index is -0.289. The van der Waals surface area contributed by atoms with E-state index in [0.29, 0.717) is 23.1 Å². The molecule has 0 fully saturated rings. The Balaban J connectivity index is 1.74. The molecule has 2 aromatic heterocycles. The van der Waals surface area contributed by atoms with E-state index in [4.69, 9.17) is 4.42 Å². The molecule has 3 rings (SSSR count). The van der Waals surface area contributed by atoms with Crippen molar-refractivity contribution in [2.75, 3.05) is 0 Å². The highest BCUT2D eigenvalue weighted by atomic mass is 16.3. The topological polar surface area (TPSA) is 72.2 Å². The SMILES string of the molecule is Cc1ccc2occ(/C=C/C(=O)NCc3cccnc3)c(=O)c2c1. The van der Waals surface area contributed by atoms with E-state index in [1.165, 1.54) is 18.4 Å². The lowest BCUT2D eigenvalue weighted by atomic mass is 10.1. The summed E-state index contributed by atoms with van der Waals surface area (Å²) < 4.78 is 5.45. The molecule has 0 saturated carbocycles. The van der Waals surface area contributed by atoms with Crippen molar-refractivity contribution in [3.63, 3.8) is 0 Å². The van der Waals surface area contributed by atoms with Crippen LogP contribution in [-0.4, -0.2) is 10.9 Å². The van der Waals surface area contributed by atoms with Gasteiger partial charge in [0.05, 0.1) is 10.9 Å². The molecule has 3 aromatic rings. The number of fused-ring (bicyclic) bond motifs is 1. The van der Waals surface area contributed by atoms with Crippen LogP contribution in [0.3, 0.4) is 0 Å². The molecular formula is C19H16N2O3. The van der Waals surface area contributed by atoms with E-state index in [-0.39, 0.29) is 11.3 Å². The predicted molar refractivity (Wildman–Crippen MR) is 92.3 cm³/mol. The molecule has 5 heteroatoms. The van der Waals surface area contributed by atoms with E-state index in [1.807, 2.05) is 19.1 Å². The summed E-state index contributed by atoms with van der Waals surface area (Å²) in [5.74, 6) is -0.289. The number of nitrogens with one attached hydrogen (secondary N) is 1. The molecule has 1 aromatic carbocycles. The largest absolute Gasteiger partial charge is 0.463 e. The van der Waals surface area contributed by atoms with Gasteiger partial charge in [0.1, 0.15) is 11.8 Å². The molecule has 0 bridgehead atoms. The van der Waals surface area contributed by atoms with Gasteiger partial charge in [0, 0.05) is 25.0 Å². The first-order valence-corrected chi connectivity index (χ1v) is 7.50. The number of amides is 1. The van der Waals surface area contributed by atoms with Crippen molar-refractivity contribution in [1.29, 1.82) is 0 Å².